The number of hydrogen-bond donors (Lipinski definition) is 2. The molecule has 0 bridgehead atoms. The third-order valence-electron chi connectivity index (χ3n) is 8.86. The lowest BCUT2D eigenvalue weighted by Crippen LogP contribution is -2.27. The summed E-state index contributed by atoms with van der Waals surface area (Å²) in [5, 5.41) is 0. The minimum atomic E-state index is -4.29. The molecule has 1 aliphatic heterocycles. The van der Waals surface area contributed by atoms with E-state index in [1.54, 1.807) is 6.26 Å². The van der Waals surface area contributed by atoms with Gasteiger partial charge in [-0.15, -0.1) is 0 Å². The average Bonchev–Trinajstić information content (AvgIpc) is 3.84. The summed E-state index contributed by atoms with van der Waals surface area (Å²) in [7, 11) is -4.29. The second-order valence-electron chi connectivity index (χ2n) is 13.6. The molecule has 0 saturated carbocycles. The zero-order valence-corrected chi connectivity index (χ0v) is 32.3. The molecule has 49 heavy (non-hydrogen) atoms. The maximum absolute atomic E-state index is 12.6. The van der Waals surface area contributed by atoms with Crippen molar-refractivity contribution in [3.05, 3.63) is 24.5 Å². The van der Waals surface area contributed by atoms with E-state index in [0.29, 0.717) is 12.2 Å². The monoisotopic (exact) mass is 716 g/mol. The van der Waals surface area contributed by atoms with Crippen molar-refractivity contribution in [3.8, 4) is 0 Å². The Hall–Kier alpha value is -1.22. The Bertz CT molecular complexity index is 870. The van der Waals surface area contributed by atoms with Crippen molar-refractivity contribution >= 4 is 13.8 Å². The number of carbonyl (C=O) groups is 1. The summed E-state index contributed by atoms with van der Waals surface area (Å²) in [4.78, 5) is 22.4. The van der Waals surface area contributed by atoms with Gasteiger partial charge in [0.1, 0.15) is 6.61 Å². The number of phosphoric acid groups is 1. The quantitative estimate of drug-likeness (QED) is 0.0161. The molecule has 0 aliphatic carbocycles. The van der Waals surface area contributed by atoms with Gasteiger partial charge < -0.3 is 24.8 Å². The molecule has 1 fully saturated rings. The number of phosphoric ester groups is 1. The second-order valence-corrected chi connectivity index (χ2v) is 15.1. The van der Waals surface area contributed by atoms with Crippen molar-refractivity contribution in [3.63, 3.8) is 0 Å². The van der Waals surface area contributed by atoms with Crippen LogP contribution in [0, 0.1) is 0 Å². The van der Waals surface area contributed by atoms with E-state index in [0.717, 1.165) is 57.8 Å². The number of nitrogens with two attached hydrogens (primary N) is 1. The maximum atomic E-state index is 12.6. The molecule has 288 valence electrons. The molecule has 0 aromatic rings. The second kappa shape index (κ2) is 32.7. The van der Waals surface area contributed by atoms with Gasteiger partial charge in [0.25, 0.3) is 0 Å². The van der Waals surface area contributed by atoms with Gasteiger partial charge in [0.15, 0.2) is 6.10 Å². The zero-order valence-electron chi connectivity index (χ0n) is 31.4. The largest absolute Gasteiger partial charge is 0.498 e. The van der Waals surface area contributed by atoms with Gasteiger partial charge in [0.2, 0.25) is 0 Å². The molecule has 0 spiro atoms. The van der Waals surface area contributed by atoms with Gasteiger partial charge in [-0.2, -0.15) is 0 Å². The normalized spacial score (nSPS) is 17.9. The number of carbonyl (C=O) groups excluding carboxylic acids is 1. The lowest BCUT2D eigenvalue weighted by atomic mass is 10.0. The van der Waals surface area contributed by atoms with Crippen LogP contribution >= 0.6 is 7.82 Å². The van der Waals surface area contributed by atoms with Gasteiger partial charge in [0, 0.05) is 13.0 Å². The van der Waals surface area contributed by atoms with Crippen LogP contribution in [-0.4, -0.2) is 55.5 Å². The highest BCUT2D eigenvalue weighted by atomic mass is 31.2. The van der Waals surface area contributed by atoms with Crippen molar-refractivity contribution < 1.29 is 37.5 Å². The van der Waals surface area contributed by atoms with Gasteiger partial charge in [0.05, 0.1) is 31.7 Å². The molecule has 1 saturated heterocycles. The first-order valence-corrected chi connectivity index (χ1v) is 21.5. The fourth-order valence-corrected chi connectivity index (χ4v) is 6.56. The Morgan fingerprint density at radius 2 is 1.31 bits per heavy atom. The summed E-state index contributed by atoms with van der Waals surface area (Å²) >= 11 is 0. The van der Waals surface area contributed by atoms with Crippen LogP contribution < -0.4 is 5.73 Å². The predicted molar refractivity (Wildman–Crippen MR) is 200 cm³/mol. The van der Waals surface area contributed by atoms with Gasteiger partial charge in [-0.3, -0.25) is 13.8 Å². The van der Waals surface area contributed by atoms with E-state index in [4.69, 9.17) is 29.0 Å². The van der Waals surface area contributed by atoms with Crippen LogP contribution in [0.1, 0.15) is 174 Å². The first-order chi connectivity index (χ1) is 23.9. The Kier molecular flexibility index (Phi) is 30.5. The van der Waals surface area contributed by atoms with Crippen LogP contribution in [0.3, 0.4) is 0 Å². The van der Waals surface area contributed by atoms with Crippen molar-refractivity contribution in [2.75, 3.05) is 26.4 Å². The smallest absolute Gasteiger partial charge is 0.472 e. The number of esters is 1. The number of unbranched alkanes of at least 4 members (excludes halogenated alkanes) is 19. The molecule has 10 heteroatoms. The lowest BCUT2D eigenvalue weighted by molar-refractivity contribution is -0.153. The summed E-state index contributed by atoms with van der Waals surface area (Å²) in [6, 6.07) is 0. The number of hydrogen-bond acceptors (Lipinski definition) is 8. The fourth-order valence-electron chi connectivity index (χ4n) is 5.79. The van der Waals surface area contributed by atoms with Crippen LogP contribution in [0.25, 0.3) is 0 Å². The topological polar surface area (TPSA) is 130 Å². The van der Waals surface area contributed by atoms with Crippen molar-refractivity contribution in [1.29, 1.82) is 0 Å². The average molecular weight is 716 g/mol. The molecule has 4 atom stereocenters. The number of ether oxygens (including phenoxy) is 3. The van der Waals surface area contributed by atoms with Crippen molar-refractivity contribution in [2.45, 2.75) is 193 Å². The molecule has 0 radical (unpaired) electrons. The molecule has 1 heterocycles. The molecule has 1 aliphatic rings. The molecule has 0 amide bonds. The Morgan fingerprint density at radius 1 is 0.735 bits per heavy atom. The van der Waals surface area contributed by atoms with Gasteiger partial charge in [-0.25, -0.2) is 4.57 Å². The van der Waals surface area contributed by atoms with Crippen LogP contribution in [-0.2, 0) is 32.6 Å². The van der Waals surface area contributed by atoms with E-state index in [1.807, 2.05) is 6.08 Å². The first kappa shape index (κ1) is 45.8. The molecule has 0 aromatic carbocycles. The summed E-state index contributed by atoms with van der Waals surface area (Å²) in [5.74, 6) is -0.370. The summed E-state index contributed by atoms with van der Waals surface area (Å²) in [5.41, 5.74) is 5.35. The van der Waals surface area contributed by atoms with Gasteiger partial charge in [-0.1, -0.05) is 135 Å². The summed E-state index contributed by atoms with van der Waals surface area (Å²) in [6.07, 6.45) is 37.3. The van der Waals surface area contributed by atoms with Crippen molar-refractivity contribution in [2.24, 2.45) is 5.73 Å². The third kappa shape index (κ3) is 30.1. The van der Waals surface area contributed by atoms with Gasteiger partial charge >= 0.3 is 13.8 Å². The first-order valence-electron chi connectivity index (χ1n) is 20.0. The van der Waals surface area contributed by atoms with E-state index < -0.39 is 13.9 Å². The van der Waals surface area contributed by atoms with Crippen LogP contribution in [0.5, 0.6) is 0 Å². The SMILES string of the molecule is CCCCC/C=C\CC1OC1CCCCCCCC(=O)O[C@H](CO/C=C/CCCCCCCCCCCCCC)COP(=O)(O)OCCN. The highest BCUT2D eigenvalue weighted by Gasteiger charge is 2.36. The Balaban J connectivity index is 2.18. The molecule has 0 aromatic heterocycles. The highest BCUT2D eigenvalue weighted by Crippen LogP contribution is 2.43. The predicted octanol–water partition coefficient (Wildman–Crippen LogP) is 10.6. The number of epoxide rings is 1. The van der Waals surface area contributed by atoms with E-state index >= 15 is 0 Å². The molecule has 1 rings (SSSR count). The van der Waals surface area contributed by atoms with E-state index in [2.05, 4.69) is 26.0 Å². The molecular formula is C39H74NO8P. The Labute approximate surface area is 300 Å². The maximum Gasteiger partial charge on any atom is 0.472 e. The Morgan fingerprint density at radius 3 is 1.98 bits per heavy atom. The molecule has 3 unspecified atom stereocenters. The fraction of sp³-hybridized carbons (Fsp3) is 0.872. The highest BCUT2D eigenvalue weighted by molar-refractivity contribution is 7.47. The van der Waals surface area contributed by atoms with E-state index in [1.165, 1.54) is 96.3 Å². The minimum Gasteiger partial charge on any atom is -0.498 e. The van der Waals surface area contributed by atoms with Gasteiger partial charge in [-0.05, 0) is 51.0 Å². The third-order valence-corrected chi connectivity index (χ3v) is 9.84. The number of allylic oxidation sites excluding steroid dienone is 2. The van der Waals surface area contributed by atoms with Crippen LogP contribution in [0.4, 0.5) is 0 Å². The van der Waals surface area contributed by atoms with E-state index in [-0.39, 0.29) is 38.8 Å². The standard InChI is InChI=1S/C39H74NO8P/c1-3-5-7-9-11-12-13-14-15-16-17-18-23-27-32-44-34-36(35-46-49(42,43)45-33-31-40)47-39(41)30-26-22-19-21-25-29-38-37(48-38)28-24-20-10-8-6-4-2/h20,24,27,32,36-38H,3-19,21-23,25-26,28-31,33-35,40H2,1-2H3,(H,42,43)/b24-20-,32-27+/t36-,37?,38?/m1/s1. The molecule has 9 nitrogen and oxygen atoms in total. The molecule has 3 N–H and O–H groups in total. The van der Waals surface area contributed by atoms with E-state index in [9.17, 15) is 14.3 Å². The number of rotatable bonds is 37. The summed E-state index contributed by atoms with van der Waals surface area (Å²) in [6.45, 7) is 4.18. The summed E-state index contributed by atoms with van der Waals surface area (Å²) < 4.78 is 38.9. The zero-order chi connectivity index (χ0) is 35.7. The minimum absolute atomic E-state index is 0.0243. The van der Waals surface area contributed by atoms with Crippen LogP contribution in [0.2, 0.25) is 0 Å². The molecular weight excluding hydrogens is 641 g/mol. The van der Waals surface area contributed by atoms with Crippen molar-refractivity contribution in [1.82, 2.24) is 0 Å². The lowest BCUT2D eigenvalue weighted by Gasteiger charge is -2.19. The van der Waals surface area contributed by atoms with Crippen LogP contribution in [0.15, 0.2) is 24.5 Å².